The molecule has 0 aliphatic heterocycles. The highest BCUT2D eigenvalue weighted by Gasteiger charge is 2.01. The molecule has 2 aromatic rings. The second kappa shape index (κ2) is 8.24. The van der Waals surface area contributed by atoms with E-state index in [1.807, 2.05) is 49.4 Å². The van der Waals surface area contributed by atoms with Gasteiger partial charge in [0.05, 0.1) is 19.8 Å². The van der Waals surface area contributed by atoms with Gasteiger partial charge in [0.15, 0.2) is 0 Å². The molecule has 0 radical (unpaired) electrons. The maximum atomic E-state index is 8.63. The van der Waals surface area contributed by atoms with Gasteiger partial charge in [-0.25, -0.2) is 4.98 Å². The summed E-state index contributed by atoms with van der Waals surface area (Å²) < 4.78 is 5.20. The first-order chi connectivity index (χ1) is 10.3. The van der Waals surface area contributed by atoms with Crippen LogP contribution in [-0.2, 0) is 4.74 Å². The Kier molecular flexibility index (Phi) is 5.99. The number of aliphatic hydroxyl groups excluding tert-OH is 1. The first-order valence-electron chi connectivity index (χ1n) is 7.01. The molecule has 1 aromatic carbocycles. The molecule has 0 aliphatic rings. The van der Waals surface area contributed by atoms with Crippen molar-refractivity contribution in [2.24, 2.45) is 0 Å². The maximum Gasteiger partial charge on any atom is 0.133 e. The fourth-order valence-electron chi connectivity index (χ4n) is 1.91. The predicted octanol–water partition coefficient (Wildman–Crippen LogP) is 2.55. The van der Waals surface area contributed by atoms with Crippen LogP contribution in [0.3, 0.4) is 0 Å². The number of hydrogen-bond acceptors (Lipinski definition) is 5. The fourth-order valence-corrected chi connectivity index (χ4v) is 1.91. The molecule has 0 atom stereocenters. The van der Waals surface area contributed by atoms with Crippen LogP contribution in [0.1, 0.15) is 5.56 Å². The van der Waals surface area contributed by atoms with Gasteiger partial charge in [-0.15, -0.1) is 0 Å². The molecule has 0 bridgehead atoms. The van der Waals surface area contributed by atoms with E-state index in [1.54, 1.807) is 0 Å². The number of para-hydroxylation sites is 1. The highest BCUT2D eigenvalue weighted by Crippen LogP contribution is 2.18. The molecular formula is C16H21N3O2. The minimum atomic E-state index is 0.0494. The van der Waals surface area contributed by atoms with E-state index >= 15 is 0 Å². The molecule has 5 heteroatoms. The number of nitrogens with one attached hydrogen (secondary N) is 2. The van der Waals surface area contributed by atoms with Crippen LogP contribution in [0.5, 0.6) is 0 Å². The average molecular weight is 287 g/mol. The number of nitrogens with zero attached hydrogens (tertiary/aromatic N) is 1. The molecular weight excluding hydrogens is 266 g/mol. The van der Waals surface area contributed by atoms with Gasteiger partial charge in [0.1, 0.15) is 11.6 Å². The molecule has 0 spiro atoms. The Bertz CT molecular complexity index is 546. The monoisotopic (exact) mass is 287 g/mol. The predicted molar refractivity (Wildman–Crippen MR) is 85.1 cm³/mol. The summed E-state index contributed by atoms with van der Waals surface area (Å²) in [6, 6.07) is 13.9. The molecule has 5 nitrogen and oxygen atoms in total. The smallest absolute Gasteiger partial charge is 0.133 e. The van der Waals surface area contributed by atoms with Crippen molar-refractivity contribution in [3.8, 4) is 0 Å². The van der Waals surface area contributed by atoms with Gasteiger partial charge < -0.3 is 20.5 Å². The molecule has 2 rings (SSSR count). The third-order valence-corrected chi connectivity index (χ3v) is 2.80. The lowest BCUT2D eigenvalue weighted by molar-refractivity contribution is 0.0992. The van der Waals surface area contributed by atoms with Crippen LogP contribution in [0.15, 0.2) is 42.5 Å². The minimum Gasteiger partial charge on any atom is -0.394 e. The second-order valence-corrected chi connectivity index (χ2v) is 4.67. The Morgan fingerprint density at radius 1 is 1.10 bits per heavy atom. The number of aliphatic hydroxyl groups is 1. The molecule has 0 amide bonds. The number of hydrogen-bond donors (Lipinski definition) is 3. The summed E-state index contributed by atoms with van der Waals surface area (Å²) >= 11 is 0. The molecule has 0 saturated heterocycles. The molecule has 1 heterocycles. The Hall–Kier alpha value is -2.11. The van der Waals surface area contributed by atoms with Gasteiger partial charge in [0.25, 0.3) is 0 Å². The van der Waals surface area contributed by atoms with E-state index in [0.717, 1.165) is 22.9 Å². The zero-order valence-electron chi connectivity index (χ0n) is 12.2. The molecule has 0 aliphatic carbocycles. The largest absolute Gasteiger partial charge is 0.394 e. The number of ether oxygens (including phenoxy) is 1. The second-order valence-electron chi connectivity index (χ2n) is 4.67. The number of pyridine rings is 1. The van der Waals surface area contributed by atoms with Crippen LogP contribution in [-0.4, -0.2) is 36.5 Å². The van der Waals surface area contributed by atoms with E-state index in [9.17, 15) is 0 Å². The maximum absolute atomic E-state index is 8.63. The van der Waals surface area contributed by atoms with E-state index in [2.05, 4.69) is 15.6 Å². The van der Waals surface area contributed by atoms with Gasteiger partial charge in [-0.1, -0.05) is 18.2 Å². The van der Waals surface area contributed by atoms with Gasteiger partial charge in [0.2, 0.25) is 0 Å². The quantitative estimate of drug-likeness (QED) is 0.651. The lowest BCUT2D eigenvalue weighted by Crippen LogP contribution is -2.12. The van der Waals surface area contributed by atoms with Crippen molar-refractivity contribution in [1.82, 2.24) is 4.98 Å². The highest BCUT2D eigenvalue weighted by atomic mass is 16.5. The third-order valence-electron chi connectivity index (χ3n) is 2.80. The molecule has 0 fully saturated rings. The summed E-state index contributed by atoms with van der Waals surface area (Å²) in [5, 5.41) is 15.1. The normalized spacial score (nSPS) is 10.4. The van der Waals surface area contributed by atoms with Gasteiger partial charge in [-0.3, -0.25) is 0 Å². The van der Waals surface area contributed by atoms with E-state index in [4.69, 9.17) is 9.84 Å². The first-order valence-corrected chi connectivity index (χ1v) is 7.01. The summed E-state index contributed by atoms with van der Waals surface area (Å²) in [6.07, 6.45) is 0. The Morgan fingerprint density at radius 3 is 2.62 bits per heavy atom. The van der Waals surface area contributed by atoms with Crippen LogP contribution >= 0.6 is 0 Å². The van der Waals surface area contributed by atoms with Crippen molar-refractivity contribution in [2.45, 2.75) is 6.92 Å². The van der Waals surface area contributed by atoms with Crippen molar-refractivity contribution in [3.63, 3.8) is 0 Å². The Morgan fingerprint density at radius 2 is 1.86 bits per heavy atom. The lowest BCUT2D eigenvalue weighted by atomic mass is 10.2. The molecule has 1 aromatic heterocycles. The van der Waals surface area contributed by atoms with E-state index in [1.165, 1.54) is 0 Å². The summed E-state index contributed by atoms with van der Waals surface area (Å²) in [4.78, 5) is 4.52. The van der Waals surface area contributed by atoms with Crippen LogP contribution in [0.25, 0.3) is 0 Å². The number of rotatable bonds is 8. The standard InChI is InChI=1S/C16H21N3O2/c1-13-11-15(17-7-9-21-10-8-20)19-16(12-13)18-14-5-3-2-4-6-14/h2-6,11-12,20H,7-10H2,1H3,(H2,17,18,19). The number of aryl methyl sites for hydroxylation is 1. The lowest BCUT2D eigenvalue weighted by Gasteiger charge is -2.11. The first kappa shape index (κ1) is 15.3. The summed E-state index contributed by atoms with van der Waals surface area (Å²) in [5.41, 5.74) is 2.13. The van der Waals surface area contributed by atoms with Crippen molar-refractivity contribution in [3.05, 3.63) is 48.0 Å². The van der Waals surface area contributed by atoms with Crippen LogP contribution in [0, 0.1) is 6.92 Å². The van der Waals surface area contributed by atoms with Crippen molar-refractivity contribution < 1.29 is 9.84 Å². The Balaban J connectivity index is 1.94. The van der Waals surface area contributed by atoms with Crippen LogP contribution < -0.4 is 10.6 Å². The molecule has 21 heavy (non-hydrogen) atoms. The number of anilines is 3. The van der Waals surface area contributed by atoms with Crippen molar-refractivity contribution in [1.29, 1.82) is 0 Å². The minimum absolute atomic E-state index is 0.0494. The van der Waals surface area contributed by atoms with Crippen molar-refractivity contribution >= 4 is 17.3 Å². The van der Waals surface area contributed by atoms with Crippen LogP contribution in [0.2, 0.25) is 0 Å². The summed E-state index contributed by atoms with van der Waals surface area (Å²) in [7, 11) is 0. The van der Waals surface area contributed by atoms with Gasteiger partial charge >= 0.3 is 0 Å². The molecule has 3 N–H and O–H groups in total. The SMILES string of the molecule is Cc1cc(NCCOCCO)nc(Nc2ccccc2)c1. The molecule has 0 unspecified atom stereocenters. The number of aromatic nitrogens is 1. The zero-order valence-corrected chi connectivity index (χ0v) is 12.2. The van der Waals surface area contributed by atoms with E-state index < -0.39 is 0 Å². The van der Waals surface area contributed by atoms with Gasteiger partial charge in [0, 0.05) is 12.2 Å². The summed E-state index contributed by atoms with van der Waals surface area (Å²) in [6.45, 7) is 3.64. The average Bonchev–Trinajstić information content (AvgIpc) is 2.47. The molecule has 112 valence electrons. The van der Waals surface area contributed by atoms with E-state index in [-0.39, 0.29) is 6.61 Å². The van der Waals surface area contributed by atoms with Gasteiger partial charge in [-0.05, 0) is 36.8 Å². The topological polar surface area (TPSA) is 66.4 Å². The summed E-state index contributed by atoms with van der Waals surface area (Å²) in [5.74, 6) is 1.61. The molecule has 0 saturated carbocycles. The van der Waals surface area contributed by atoms with E-state index in [0.29, 0.717) is 19.8 Å². The van der Waals surface area contributed by atoms with Gasteiger partial charge in [-0.2, -0.15) is 0 Å². The Labute approximate surface area is 125 Å². The van der Waals surface area contributed by atoms with Crippen molar-refractivity contribution in [2.75, 3.05) is 37.0 Å². The third kappa shape index (κ3) is 5.41. The van der Waals surface area contributed by atoms with Crippen LogP contribution in [0.4, 0.5) is 17.3 Å². The number of benzene rings is 1. The zero-order chi connectivity index (χ0) is 14.9. The highest BCUT2D eigenvalue weighted by molar-refractivity contribution is 5.59. The fraction of sp³-hybridized carbons (Fsp3) is 0.312.